The summed E-state index contributed by atoms with van der Waals surface area (Å²) in [5.74, 6) is -0.230. The van der Waals surface area contributed by atoms with Gasteiger partial charge >= 0.3 is 0 Å². The second-order valence-electron chi connectivity index (χ2n) is 2.76. The molecule has 1 aliphatic rings. The molecule has 0 radical (unpaired) electrons. The van der Waals surface area contributed by atoms with Crippen molar-refractivity contribution in [3.8, 4) is 5.88 Å². The van der Waals surface area contributed by atoms with Crippen LogP contribution >= 0.6 is 22.6 Å². The molecule has 0 bridgehead atoms. The Bertz CT molecular complexity index is 301. The SMILES string of the molecule is Fc1cc(I)cnc1OC1CC1. The molecule has 0 aromatic carbocycles. The van der Waals surface area contributed by atoms with Crippen molar-refractivity contribution < 1.29 is 9.13 Å². The van der Waals surface area contributed by atoms with Gasteiger partial charge < -0.3 is 4.74 Å². The van der Waals surface area contributed by atoms with Gasteiger partial charge in [0.2, 0.25) is 0 Å². The van der Waals surface area contributed by atoms with E-state index in [-0.39, 0.29) is 17.8 Å². The van der Waals surface area contributed by atoms with Crippen molar-refractivity contribution >= 4 is 22.6 Å². The Morgan fingerprint density at radius 3 is 2.92 bits per heavy atom. The van der Waals surface area contributed by atoms with Crippen LogP contribution in [-0.2, 0) is 0 Å². The molecule has 0 spiro atoms. The molecule has 0 saturated heterocycles. The van der Waals surface area contributed by atoms with Crippen molar-refractivity contribution in [1.82, 2.24) is 4.98 Å². The average molecular weight is 279 g/mol. The first kappa shape index (κ1) is 8.22. The van der Waals surface area contributed by atoms with Gasteiger partial charge in [-0.05, 0) is 41.5 Å². The van der Waals surface area contributed by atoms with Gasteiger partial charge in [0.05, 0.1) is 0 Å². The Labute approximate surface area is 83.3 Å². The Kier molecular flexibility index (Phi) is 2.16. The highest BCUT2D eigenvalue weighted by atomic mass is 127. The molecular weight excluding hydrogens is 272 g/mol. The second kappa shape index (κ2) is 3.16. The van der Waals surface area contributed by atoms with E-state index < -0.39 is 0 Å². The van der Waals surface area contributed by atoms with E-state index in [1.807, 2.05) is 22.6 Å². The summed E-state index contributed by atoms with van der Waals surface area (Å²) in [7, 11) is 0. The Balaban J connectivity index is 2.18. The summed E-state index contributed by atoms with van der Waals surface area (Å²) < 4.78 is 19.1. The average Bonchev–Trinajstić information content (AvgIpc) is 2.79. The highest BCUT2D eigenvalue weighted by Gasteiger charge is 2.25. The van der Waals surface area contributed by atoms with Gasteiger partial charge in [-0.25, -0.2) is 9.37 Å². The maximum Gasteiger partial charge on any atom is 0.250 e. The number of rotatable bonds is 2. The molecule has 1 heterocycles. The molecule has 1 saturated carbocycles. The molecule has 0 atom stereocenters. The number of hydrogen-bond donors (Lipinski definition) is 0. The molecule has 1 aromatic rings. The molecule has 0 amide bonds. The van der Waals surface area contributed by atoms with E-state index in [4.69, 9.17) is 4.74 Å². The lowest BCUT2D eigenvalue weighted by Crippen LogP contribution is -2.00. The summed E-state index contributed by atoms with van der Waals surface area (Å²) >= 11 is 2.01. The zero-order valence-corrected chi connectivity index (χ0v) is 8.42. The molecule has 0 aliphatic heterocycles. The van der Waals surface area contributed by atoms with Crippen LogP contribution in [0.5, 0.6) is 5.88 Å². The van der Waals surface area contributed by atoms with Crippen LogP contribution in [0.25, 0.3) is 0 Å². The van der Waals surface area contributed by atoms with Crippen LogP contribution in [0.15, 0.2) is 12.3 Å². The topological polar surface area (TPSA) is 22.1 Å². The van der Waals surface area contributed by atoms with Crippen LogP contribution in [0, 0.1) is 9.39 Å². The smallest absolute Gasteiger partial charge is 0.250 e. The van der Waals surface area contributed by atoms with Gasteiger partial charge in [-0.1, -0.05) is 0 Å². The quantitative estimate of drug-likeness (QED) is 0.775. The van der Waals surface area contributed by atoms with Gasteiger partial charge in [0.25, 0.3) is 5.88 Å². The highest BCUT2D eigenvalue weighted by molar-refractivity contribution is 14.1. The maximum atomic E-state index is 13.0. The molecule has 2 rings (SSSR count). The van der Waals surface area contributed by atoms with Crippen LogP contribution in [-0.4, -0.2) is 11.1 Å². The van der Waals surface area contributed by atoms with Gasteiger partial charge in [-0.15, -0.1) is 0 Å². The number of ether oxygens (including phenoxy) is 1. The fourth-order valence-electron chi connectivity index (χ4n) is 0.833. The normalized spacial score (nSPS) is 16.2. The lowest BCUT2D eigenvalue weighted by atomic mass is 10.5. The Morgan fingerprint density at radius 2 is 2.33 bits per heavy atom. The molecule has 0 unspecified atom stereocenters. The maximum absolute atomic E-state index is 13.0. The van der Waals surface area contributed by atoms with E-state index in [1.54, 1.807) is 6.20 Å². The van der Waals surface area contributed by atoms with E-state index in [9.17, 15) is 4.39 Å². The van der Waals surface area contributed by atoms with Crippen molar-refractivity contribution in [2.45, 2.75) is 18.9 Å². The number of nitrogens with zero attached hydrogens (tertiary/aromatic N) is 1. The molecule has 1 aromatic heterocycles. The van der Waals surface area contributed by atoms with Crippen LogP contribution < -0.4 is 4.74 Å². The van der Waals surface area contributed by atoms with E-state index in [2.05, 4.69) is 4.98 Å². The Morgan fingerprint density at radius 1 is 1.58 bits per heavy atom. The van der Waals surface area contributed by atoms with Gasteiger partial charge in [-0.3, -0.25) is 0 Å². The number of hydrogen-bond acceptors (Lipinski definition) is 2. The monoisotopic (exact) mass is 279 g/mol. The van der Waals surface area contributed by atoms with Crippen molar-refractivity contribution in [2.75, 3.05) is 0 Å². The van der Waals surface area contributed by atoms with E-state index in [0.29, 0.717) is 0 Å². The van der Waals surface area contributed by atoms with Crippen LogP contribution in [0.1, 0.15) is 12.8 Å². The second-order valence-corrected chi connectivity index (χ2v) is 4.00. The first-order valence-corrected chi connectivity index (χ1v) is 4.81. The summed E-state index contributed by atoms with van der Waals surface area (Å²) in [6.45, 7) is 0. The van der Waals surface area contributed by atoms with Crippen LogP contribution in [0.2, 0.25) is 0 Å². The lowest BCUT2D eigenvalue weighted by Gasteiger charge is -2.03. The predicted molar refractivity (Wildman–Crippen MR) is 50.6 cm³/mol. The zero-order valence-electron chi connectivity index (χ0n) is 6.26. The summed E-state index contributed by atoms with van der Waals surface area (Å²) in [6.07, 6.45) is 3.84. The largest absolute Gasteiger partial charge is 0.472 e. The molecule has 1 aliphatic carbocycles. The fraction of sp³-hybridized carbons (Fsp3) is 0.375. The van der Waals surface area contributed by atoms with E-state index in [0.717, 1.165) is 16.4 Å². The summed E-state index contributed by atoms with van der Waals surface area (Å²) in [4.78, 5) is 3.85. The third kappa shape index (κ3) is 1.85. The van der Waals surface area contributed by atoms with Crippen molar-refractivity contribution in [3.63, 3.8) is 0 Å². The van der Waals surface area contributed by atoms with Gasteiger partial charge in [0.15, 0.2) is 5.82 Å². The van der Waals surface area contributed by atoms with E-state index >= 15 is 0 Å². The van der Waals surface area contributed by atoms with Gasteiger partial charge in [-0.2, -0.15) is 0 Å². The molecule has 1 fully saturated rings. The van der Waals surface area contributed by atoms with Gasteiger partial charge in [0.1, 0.15) is 6.10 Å². The number of halogens is 2. The number of pyridine rings is 1. The third-order valence-electron chi connectivity index (χ3n) is 1.58. The molecule has 2 nitrogen and oxygen atoms in total. The van der Waals surface area contributed by atoms with Crippen molar-refractivity contribution in [3.05, 3.63) is 21.7 Å². The summed E-state index contributed by atoms with van der Waals surface area (Å²) in [5.41, 5.74) is 0. The minimum atomic E-state index is -0.367. The van der Waals surface area contributed by atoms with Crippen LogP contribution in [0.3, 0.4) is 0 Å². The van der Waals surface area contributed by atoms with Gasteiger partial charge in [0, 0.05) is 9.77 Å². The minimum absolute atomic E-state index is 0.137. The number of aromatic nitrogens is 1. The molecular formula is C8H7FINO. The molecule has 0 N–H and O–H groups in total. The first-order valence-electron chi connectivity index (χ1n) is 3.73. The minimum Gasteiger partial charge on any atom is -0.472 e. The highest BCUT2D eigenvalue weighted by Crippen LogP contribution is 2.27. The standard InChI is InChI=1S/C8H7FINO/c9-7-3-5(10)4-11-8(7)12-6-1-2-6/h3-4,6H,1-2H2. The summed E-state index contributed by atoms with van der Waals surface area (Å²) in [5, 5.41) is 0. The van der Waals surface area contributed by atoms with Crippen molar-refractivity contribution in [2.24, 2.45) is 0 Å². The zero-order chi connectivity index (χ0) is 8.55. The summed E-state index contributed by atoms with van der Waals surface area (Å²) in [6, 6.07) is 1.42. The Hall–Kier alpha value is -0.390. The predicted octanol–water partition coefficient (Wildman–Crippen LogP) is 2.37. The van der Waals surface area contributed by atoms with Crippen LogP contribution in [0.4, 0.5) is 4.39 Å². The third-order valence-corrected chi connectivity index (χ3v) is 2.17. The van der Waals surface area contributed by atoms with E-state index in [1.165, 1.54) is 6.07 Å². The lowest BCUT2D eigenvalue weighted by molar-refractivity contribution is 0.274. The molecule has 12 heavy (non-hydrogen) atoms. The molecule has 64 valence electrons. The van der Waals surface area contributed by atoms with Crippen molar-refractivity contribution in [1.29, 1.82) is 0 Å². The first-order chi connectivity index (χ1) is 5.75. The fourth-order valence-corrected chi connectivity index (χ4v) is 1.25. The molecule has 4 heteroatoms.